The van der Waals surface area contributed by atoms with Gasteiger partial charge < -0.3 is 65.1 Å². The van der Waals surface area contributed by atoms with Gasteiger partial charge in [-0.1, -0.05) is 307 Å². The van der Waals surface area contributed by atoms with E-state index in [0.717, 1.165) is 44.9 Å². The number of aliphatic hydroxyl groups excluding tert-OH is 8. The minimum Gasteiger partial charge on any atom is -0.394 e. The van der Waals surface area contributed by atoms with Crippen LogP contribution in [-0.2, 0) is 23.7 Å². The Balaban J connectivity index is 1.65. The maximum absolute atomic E-state index is 13.3. The predicted octanol–water partition coefficient (Wildman–Crippen LogP) is 14.9. The Hall–Kier alpha value is -1.79. The average molecular weight is 1220 g/mol. The van der Waals surface area contributed by atoms with E-state index >= 15 is 0 Å². The van der Waals surface area contributed by atoms with Crippen LogP contribution in [0.5, 0.6) is 0 Å². The molecule has 0 aliphatic carbocycles. The van der Waals surface area contributed by atoms with Crippen molar-refractivity contribution in [3.05, 3.63) is 36.5 Å². The third-order valence-corrected chi connectivity index (χ3v) is 17.8. The molecule has 0 aromatic heterocycles. The Labute approximate surface area is 525 Å². The Morgan fingerprint density at radius 1 is 0.407 bits per heavy atom. The Bertz CT molecular complexity index is 1580. The van der Waals surface area contributed by atoms with E-state index in [2.05, 4.69) is 43.5 Å². The van der Waals surface area contributed by atoms with Crippen molar-refractivity contribution >= 4 is 5.91 Å². The third kappa shape index (κ3) is 40.8. The number of rotatable bonds is 60. The molecule has 2 aliphatic heterocycles. The van der Waals surface area contributed by atoms with Crippen molar-refractivity contribution in [3.63, 3.8) is 0 Å². The molecular weight excluding hydrogens is 1090 g/mol. The zero-order valence-corrected chi connectivity index (χ0v) is 55.1. The molecule has 12 atom stereocenters. The molecule has 0 aromatic carbocycles. The van der Waals surface area contributed by atoms with Gasteiger partial charge in [-0.25, -0.2) is 0 Å². The van der Waals surface area contributed by atoms with E-state index in [1.807, 2.05) is 6.08 Å². The zero-order chi connectivity index (χ0) is 62.3. The number of aliphatic hydroxyl groups is 8. The van der Waals surface area contributed by atoms with Crippen LogP contribution in [0.15, 0.2) is 36.5 Å². The summed E-state index contributed by atoms with van der Waals surface area (Å²) in [7, 11) is 0. The van der Waals surface area contributed by atoms with Gasteiger partial charge in [-0.15, -0.1) is 0 Å². The van der Waals surface area contributed by atoms with Crippen molar-refractivity contribution in [1.29, 1.82) is 0 Å². The van der Waals surface area contributed by atoms with Crippen molar-refractivity contribution in [2.75, 3.05) is 19.8 Å². The van der Waals surface area contributed by atoms with Gasteiger partial charge in [0, 0.05) is 6.42 Å². The van der Waals surface area contributed by atoms with Crippen LogP contribution in [0.25, 0.3) is 0 Å². The molecule has 14 nitrogen and oxygen atoms in total. The summed E-state index contributed by atoms with van der Waals surface area (Å²) in [4.78, 5) is 13.3. The third-order valence-electron chi connectivity index (χ3n) is 17.8. The summed E-state index contributed by atoms with van der Waals surface area (Å²) in [6.07, 6.45) is 56.5. The molecule has 14 heteroatoms. The first-order valence-electron chi connectivity index (χ1n) is 36.2. The molecule has 2 heterocycles. The second kappa shape index (κ2) is 57.1. The Kier molecular flexibility index (Phi) is 53.4. The lowest BCUT2D eigenvalue weighted by Crippen LogP contribution is -2.65. The monoisotopic (exact) mass is 1220 g/mol. The first-order chi connectivity index (χ1) is 42.1. The van der Waals surface area contributed by atoms with Crippen LogP contribution >= 0.6 is 0 Å². The topological polar surface area (TPSA) is 228 Å². The summed E-state index contributed by atoms with van der Waals surface area (Å²) in [5.41, 5.74) is 0. The number of unbranched alkanes of at least 4 members (excludes halogenated alkanes) is 43. The number of hydrogen-bond acceptors (Lipinski definition) is 13. The van der Waals surface area contributed by atoms with E-state index in [-0.39, 0.29) is 18.9 Å². The number of carbonyl (C=O) groups excluding carboxylic acids is 1. The van der Waals surface area contributed by atoms with Crippen LogP contribution < -0.4 is 5.32 Å². The second-order valence-electron chi connectivity index (χ2n) is 25.7. The molecule has 1 amide bonds. The van der Waals surface area contributed by atoms with Gasteiger partial charge in [0.15, 0.2) is 12.6 Å². The molecule has 2 rings (SSSR count). The Morgan fingerprint density at radius 3 is 1.14 bits per heavy atom. The zero-order valence-electron chi connectivity index (χ0n) is 55.1. The summed E-state index contributed by atoms with van der Waals surface area (Å²) >= 11 is 0. The summed E-state index contributed by atoms with van der Waals surface area (Å²) in [6.45, 7) is 2.82. The highest BCUT2D eigenvalue weighted by Gasteiger charge is 2.51. The van der Waals surface area contributed by atoms with Gasteiger partial charge in [0.1, 0.15) is 48.8 Å². The van der Waals surface area contributed by atoms with Crippen molar-refractivity contribution < 1.29 is 64.6 Å². The number of nitrogens with one attached hydrogen (secondary N) is 1. The average Bonchev–Trinajstić information content (AvgIpc) is 2.46. The number of carbonyl (C=O) groups is 1. The van der Waals surface area contributed by atoms with Gasteiger partial charge in [0.2, 0.25) is 5.91 Å². The molecule has 12 unspecified atom stereocenters. The van der Waals surface area contributed by atoms with Crippen molar-refractivity contribution in [2.45, 2.75) is 396 Å². The molecule has 2 fully saturated rings. The van der Waals surface area contributed by atoms with Crippen LogP contribution in [0, 0.1) is 0 Å². The van der Waals surface area contributed by atoms with Crippen LogP contribution in [0.1, 0.15) is 322 Å². The summed E-state index contributed by atoms with van der Waals surface area (Å²) in [6, 6.07) is -0.937. The van der Waals surface area contributed by atoms with Crippen LogP contribution in [0.2, 0.25) is 0 Å². The lowest BCUT2D eigenvalue weighted by Gasteiger charge is -2.46. The fraction of sp³-hybridized carbons (Fsp3) is 0.903. The maximum Gasteiger partial charge on any atom is 0.220 e. The first kappa shape index (κ1) is 80.3. The number of hydrogen-bond donors (Lipinski definition) is 9. The number of ether oxygens (including phenoxy) is 4. The van der Waals surface area contributed by atoms with Crippen molar-refractivity contribution in [1.82, 2.24) is 5.32 Å². The number of allylic oxidation sites excluding steroid dienone is 5. The van der Waals surface area contributed by atoms with Gasteiger partial charge in [-0.05, 0) is 44.9 Å². The summed E-state index contributed by atoms with van der Waals surface area (Å²) in [5.74, 6) is -0.247. The van der Waals surface area contributed by atoms with E-state index < -0.39 is 86.8 Å². The van der Waals surface area contributed by atoms with E-state index in [9.17, 15) is 45.6 Å². The van der Waals surface area contributed by atoms with Gasteiger partial charge in [0.25, 0.3) is 0 Å². The standard InChI is InChI=1S/C72H135NO13/c1-3-5-7-9-11-13-15-17-19-21-23-25-26-27-28-29-30-31-32-33-34-35-36-38-40-42-44-46-48-50-52-54-56-64(77)73-60(61(76)55-53-51-49-47-45-43-41-39-37-24-22-20-18-16-14-12-10-8-6-4-2)59-83-71-69(82)67(80)70(63(58-75)85-71)86-72-68(81)66(79)65(78)62(57-74)84-72/h37,39,45,47,53,55,60-63,65-72,74-76,78-82H,3-36,38,40-44,46,48-52,54,56-59H2,1-2H3,(H,73,77)/b39-37+,47-45+,55-53+. The van der Waals surface area contributed by atoms with Gasteiger partial charge in [-0.3, -0.25) is 4.79 Å². The minimum atomic E-state index is -1.79. The quantitative estimate of drug-likeness (QED) is 0.0204. The lowest BCUT2D eigenvalue weighted by atomic mass is 9.97. The Morgan fingerprint density at radius 2 is 0.744 bits per heavy atom. The molecule has 2 saturated heterocycles. The molecule has 2 aliphatic rings. The molecule has 506 valence electrons. The largest absolute Gasteiger partial charge is 0.394 e. The molecule has 0 radical (unpaired) electrons. The normalized spacial score (nSPS) is 23.6. The van der Waals surface area contributed by atoms with E-state index in [1.54, 1.807) is 6.08 Å². The van der Waals surface area contributed by atoms with E-state index in [4.69, 9.17) is 18.9 Å². The second-order valence-corrected chi connectivity index (χ2v) is 25.7. The van der Waals surface area contributed by atoms with E-state index in [1.165, 1.54) is 244 Å². The fourth-order valence-electron chi connectivity index (χ4n) is 12.0. The molecular formula is C72H135NO13. The fourth-order valence-corrected chi connectivity index (χ4v) is 12.0. The lowest BCUT2D eigenvalue weighted by molar-refractivity contribution is -0.359. The highest BCUT2D eigenvalue weighted by atomic mass is 16.7. The van der Waals surface area contributed by atoms with Crippen LogP contribution in [0.4, 0.5) is 0 Å². The molecule has 0 aromatic rings. The maximum atomic E-state index is 13.3. The van der Waals surface area contributed by atoms with Crippen molar-refractivity contribution in [2.24, 2.45) is 0 Å². The highest BCUT2D eigenvalue weighted by molar-refractivity contribution is 5.76. The van der Waals surface area contributed by atoms with Crippen LogP contribution in [0.3, 0.4) is 0 Å². The van der Waals surface area contributed by atoms with Gasteiger partial charge >= 0.3 is 0 Å². The highest BCUT2D eigenvalue weighted by Crippen LogP contribution is 2.30. The molecule has 0 saturated carbocycles. The summed E-state index contributed by atoms with van der Waals surface area (Å²) < 4.78 is 22.8. The first-order valence-corrected chi connectivity index (χ1v) is 36.2. The predicted molar refractivity (Wildman–Crippen MR) is 351 cm³/mol. The smallest absolute Gasteiger partial charge is 0.220 e. The SMILES string of the molecule is CCCCCCCCCCCC/C=C/CC/C=C/CC/C=C/C(O)C(COC1OC(CO)C(OC2OC(CO)C(O)C(O)C2O)C(O)C1O)NC(=O)CCCCCCCCCCCCCCCCCCCCCCCCCCCCCCCCCC. The minimum absolute atomic E-state index is 0.247. The van der Waals surface area contributed by atoms with Gasteiger partial charge in [0.05, 0.1) is 32.0 Å². The molecule has 86 heavy (non-hydrogen) atoms. The molecule has 0 bridgehead atoms. The van der Waals surface area contributed by atoms with Crippen LogP contribution in [-0.4, -0.2) is 140 Å². The van der Waals surface area contributed by atoms with Crippen molar-refractivity contribution in [3.8, 4) is 0 Å². The molecule has 0 spiro atoms. The number of amides is 1. The van der Waals surface area contributed by atoms with Gasteiger partial charge in [-0.2, -0.15) is 0 Å². The van der Waals surface area contributed by atoms with E-state index in [0.29, 0.717) is 12.8 Å². The summed E-state index contributed by atoms with van der Waals surface area (Å²) in [5, 5.41) is 87.4. The molecule has 9 N–H and O–H groups in total.